The quantitative estimate of drug-likeness (QED) is 0.745. The van der Waals surface area contributed by atoms with Crippen molar-refractivity contribution in [2.75, 3.05) is 19.0 Å². The van der Waals surface area contributed by atoms with Crippen molar-refractivity contribution in [3.8, 4) is 0 Å². The Labute approximate surface area is 97.8 Å². The van der Waals surface area contributed by atoms with E-state index in [2.05, 4.69) is 21.6 Å². The lowest BCUT2D eigenvalue weighted by Crippen LogP contribution is -2.30. The second-order valence-electron chi connectivity index (χ2n) is 3.21. The molecule has 0 saturated carbocycles. The number of carboxylic acid groups (broad SMARTS) is 1. The van der Waals surface area contributed by atoms with Crippen LogP contribution in [0.25, 0.3) is 0 Å². The summed E-state index contributed by atoms with van der Waals surface area (Å²) in [7, 11) is 1.36. The van der Waals surface area contributed by atoms with Crippen LogP contribution in [-0.4, -0.2) is 40.2 Å². The second-order valence-corrected chi connectivity index (χ2v) is 3.96. The Bertz CT molecular complexity index is 342. The maximum atomic E-state index is 10.7. The maximum Gasteiger partial charge on any atom is 0.334 e. The zero-order valence-electron chi connectivity index (χ0n) is 9.27. The van der Waals surface area contributed by atoms with Crippen molar-refractivity contribution in [1.82, 2.24) is 9.36 Å². The summed E-state index contributed by atoms with van der Waals surface area (Å²) in [5.41, 5.74) is 0. The van der Waals surface area contributed by atoms with Gasteiger partial charge in [-0.2, -0.15) is 4.37 Å². The number of methoxy groups -OCH3 is 1. The monoisotopic (exact) mass is 245 g/mol. The third kappa shape index (κ3) is 3.74. The molecular formula is C9H15N3O3S. The second kappa shape index (κ2) is 6.39. The molecular weight excluding hydrogens is 230 g/mol. The van der Waals surface area contributed by atoms with Crippen molar-refractivity contribution in [3.05, 3.63) is 5.82 Å². The Balaban J connectivity index is 2.44. The summed E-state index contributed by atoms with van der Waals surface area (Å²) in [6, 6.07) is 0. The molecule has 1 rings (SSSR count). The molecule has 0 fully saturated rings. The molecule has 2 N–H and O–H groups in total. The van der Waals surface area contributed by atoms with Crippen molar-refractivity contribution in [1.29, 1.82) is 0 Å². The topological polar surface area (TPSA) is 84.3 Å². The van der Waals surface area contributed by atoms with Crippen LogP contribution in [0.15, 0.2) is 0 Å². The van der Waals surface area contributed by atoms with Gasteiger partial charge in [0.05, 0.1) is 6.54 Å². The minimum atomic E-state index is -0.992. The summed E-state index contributed by atoms with van der Waals surface area (Å²) >= 11 is 1.23. The van der Waals surface area contributed by atoms with Crippen LogP contribution in [-0.2, 0) is 16.0 Å². The Kier molecular flexibility index (Phi) is 5.13. The molecule has 90 valence electrons. The van der Waals surface area contributed by atoms with Crippen LogP contribution in [0.4, 0.5) is 5.13 Å². The highest BCUT2D eigenvalue weighted by Gasteiger charge is 2.16. The number of ether oxygens (including phenoxy) is 1. The molecule has 7 heteroatoms. The van der Waals surface area contributed by atoms with Gasteiger partial charge < -0.3 is 15.2 Å². The molecule has 1 heterocycles. The molecule has 0 aliphatic carbocycles. The SMILES string of the molecule is CCCc1nsc(NCC(OC)C(=O)O)n1. The van der Waals surface area contributed by atoms with Gasteiger partial charge in [-0.05, 0) is 6.42 Å². The van der Waals surface area contributed by atoms with Crippen molar-refractivity contribution in [2.45, 2.75) is 25.9 Å². The van der Waals surface area contributed by atoms with Gasteiger partial charge in [0.2, 0.25) is 5.13 Å². The number of nitrogens with one attached hydrogen (secondary N) is 1. The maximum absolute atomic E-state index is 10.7. The zero-order chi connectivity index (χ0) is 12.0. The van der Waals surface area contributed by atoms with E-state index in [0.29, 0.717) is 5.13 Å². The van der Waals surface area contributed by atoms with Gasteiger partial charge in [0.15, 0.2) is 6.10 Å². The average molecular weight is 245 g/mol. The van der Waals surface area contributed by atoms with E-state index in [4.69, 9.17) is 9.84 Å². The standard InChI is InChI=1S/C9H15N3O3S/c1-3-4-7-11-9(16-12-7)10-5-6(15-2)8(13)14/h6H,3-5H2,1-2H3,(H,13,14)(H,10,11,12). The third-order valence-corrected chi connectivity index (χ3v) is 2.65. The number of hydrogen-bond acceptors (Lipinski definition) is 6. The molecule has 1 atom stereocenters. The number of aliphatic carboxylic acids is 1. The molecule has 0 aliphatic heterocycles. The smallest absolute Gasteiger partial charge is 0.334 e. The van der Waals surface area contributed by atoms with Crippen LogP contribution in [0.3, 0.4) is 0 Å². The Morgan fingerprint density at radius 1 is 1.69 bits per heavy atom. The van der Waals surface area contributed by atoms with Gasteiger partial charge >= 0.3 is 5.97 Å². The van der Waals surface area contributed by atoms with E-state index < -0.39 is 12.1 Å². The van der Waals surface area contributed by atoms with Crippen molar-refractivity contribution < 1.29 is 14.6 Å². The number of aryl methyl sites for hydroxylation is 1. The van der Waals surface area contributed by atoms with Crippen LogP contribution in [0.5, 0.6) is 0 Å². The first-order valence-corrected chi connectivity index (χ1v) is 5.76. The van der Waals surface area contributed by atoms with Crippen LogP contribution < -0.4 is 5.32 Å². The lowest BCUT2D eigenvalue weighted by Gasteiger charge is -2.09. The van der Waals surface area contributed by atoms with Crippen molar-refractivity contribution in [2.24, 2.45) is 0 Å². The number of nitrogens with zero attached hydrogens (tertiary/aromatic N) is 2. The predicted molar refractivity (Wildman–Crippen MR) is 60.8 cm³/mol. The lowest BCUT2D eigenvalue weighted by molar-refractivity contribution is -0.147. The minimum absolute atomic E-state index is 0.187. The first-order valence-electron chi connectivity index (χ1n) is 4.99. The normalized spacial score (nSPS) is 12.4. The summed E-state index contributed by atoms with van der Waals surface area (Å²) in [4.78, 5) is 14.9. The number of carbonyl (C=O) groups is 1. The number of anilines is 1. The van der Waals surface area contributed by atoms with E-state index in [0.717, 1.165) is 18.7 Å². The van der Waals surface area contributed by atoms with Gasteiger partial charge in [-0.15, -0.1) is 0 Å². The van der Waals surface area contributed by atoms with E-state index in [1.54, 1.807) is 0 Å². The van der Waals surface area contributed by atoms with E-state index in [9.17, 15) is 4.79 Å². The number of carboxylic acids is 1. The Morgan fingerprint density at radius 3 is 3.00 bits per heavy atom. The fraction of sp³-hybridized carbons (Fsp3) is 0.667. The average Bonchev–Trinajstić information content (AvgIpc) is 2.67. The van der Waals surface area contributed by atoms with Gasteiger partial charge in [-0.1, -0.05) is 6.92 Å². The van der Waals surface area contributed by atoms with Crippen LogP contribution in [0.2, 0.25) is 0 Å². The van der Waals surface area contributed by atoms with Gasteiger partial charge in [-0.25, -0.2) is 9.78 Å². The Morgan fingerprint density at radius 2 is 2.44 bits per heavy atom. The predicted octanol–water partition coefficient (Wildman–Crippen LogP) is 1.00. The largest absolute Gasteiger partial charge is 0.479 e. The molecule has 0 amide bonds. The van der Waals surface area contributed by atoms with Gasteiger partial charge in [-0.3, -0.25) is 0 Å². The van der Waals surface area contributed by atoms with E-state index in [1.807, 2.05) is 0 Å². The summed E-state index contributed by atoms with van der Waals surface area (Å²) in [6.45, 7) is 2.24. The third-order valence-electron chi connectivity index (χ3n) is 1.94. The zero-order valence-corrected chi connectivity index (χ0v) is 10.1. The van der Waals surface area contributed by atoms with Gasteiger partial charge in [0.1, 0.15) is 5.82 Å². The summed E-state index contributed by atoms with van der Waals surface area (Å²) in [5, 5.41) is 12.3. The first kappa shape index (κ1) is 12.9. The molecule has 0 radical (unpaired) electrons. The van der Waals surface area contributed by atoms with Crippen molar-refractivity contribution >= 4 is 22.6 Å². The lowest BCUT2D eigenvalue weighted by atomic mass is 10.3. The highest BCUT2D eigenvalue weighted by molar-refractivity contribution is 7.09. The first-order chi connectivity index (χ1) is 7.67. The fourth-order valence-electron chi connectivity index (χ4n) is 1.10. The molecule has 16 heavy (non-hydrogen) atoms. The molecule has 1 aromatic heterocycles. The van der Waals surface area contributed by atoms with Gasteiger partial charge in [0, 0.05) is 25.1 Å². The molecule has 0 spiro atoms. The van der Waals surface area contributed by atoms with E-state index in [-0.39, 0.29) is 6.54 Å². The summed E-state index contributed by atoms with van der Waals surface area (Å²) in [6.07, 6.45) is 0.968. The highest BCUT2D eigenvalue weighted by atomic mass is 32.1. The highest BCUT2D eigenvalue weighted by Crippen LogP contribution is 2.12. The number of rotatable bonds is 7. The fourth-order valence-corrected chi connectivity index (χ4v) is 1.72. The van der Waals surface area contributed by atoms with Crippen LogP contribution >= 0.6 is 11.5 Å². The molecule has 1 aromatic rings. The minimum Gasteiger partial charge on any atom is -0.479 e. The number of hydrogen-bond donors (Lipinski definition) is 2. The van der Waals surface area contributed by atoms with Crippen molar-refractivity contribution in [3.63, 3.8) is 0 Å². The molecule has 0 bridgehead atoms. The molecule has 0 aliphatic rings. The van der Waals surface area contributed by atoms with Crippen LogP contribution in [0, 0.1) is 0 Å². The summed E-state index contributed by atoms with van der Waals surface area (Å²) in [5.74, 6) is -0.201. The molecule has 1 unspecified atom stereocenters. The molecule has 0 aromatic carbocycles. The summed E-state index contributed by atoms with van der Waals surface area (Å²) < 4.78 is 8.92. The van der Waals surface area contributed by atoms with E-state index in [1.165, 1.54) is 18.6 Å². The molecule has 6 nitrogen and oxygen atoms in total. The van der Waals surface area contributed by atoms with Gasteiger partial charge in [0.25, 0.3) is 0 Å². The Hall–Kier alpha value is -1.21. The number of aromatic nitrogens is 2. The van der Waals surface area contributed by atoms with Crippen LogP contribution in [0.1, 0.15) is 19.2 Å². The van der Waals surface area contributed by atoms with E-state index >= 15 is 0 Å². The molecule has 0 saturated heterocycles.